The van der Waals surface area contributed by atoms with E-state index in [1.165, 1.54) is 19.3 Å². The fraction of sp³-hybridized carbons (Fsp3) is 0.692. The van der Waals surface area contributed by atoms with Crippen LogP contribution in [-0.2, 0) is 24.1 Å². The lowest BCUT2D eigenvalue weighted by atomic mass is 10.0. The molecule has 8 N–H and O–H groups in total. The molecule has 1 aromatic rings. The minimum atomic E-state index is -1.47. The van der Waals surface area contributed by atoms with Gasteiger partial charge in [-0.3, -0.25) is 4.89 Å². The standard InChI is InChI=1S/C23H32O6.8C2H6O/c1-4-7-8-9-10-11-15-18-23(19-26-21(24)5-2,29-28-22(25)6-3)27-20-16-13-12-14-17-20;8*1-2-3/h5-6,12-14,16-17H,2-4,7-11,15,18-19H2,1H3;8*3H,2H2,1H3. The van der Waals surface area contributed by atoms with Crippen LogP contribution in [0.25, 0.3) is 0 Å². The number of ether oxygens (including phenoxy) is 2. The normalized spacial score (nSPS) is 9.53. The molecule has 14 nitrogen and oxygen atoms in total. The molecule has 0 amide bonds. The monoisotopic (exact) mass is 773 g/mol. The number of benzene rings is 1. The van der Waals surface area contributed by atoms with E-state index in [4.69, 9.17) is 60.1 Å². The number of rotatable bonds is 16. The molecule has 1 rings (SSSR count). The Balaban J connectivity index is -0.000000115. The van der Waals surface area contributed by atoms with Crippen molar-refractivity contribution < 1.29 is 69.7 Å². The summed E-state index contributed by atoms with van der Waals surface area (Å²) in [5, 5.41) is 60.6. The van der Waals surface area contributed by atoms with Gasteiger partial charge in [-0.15, -0.1) is 4.89 Å². The third-order valence-electron chi connectivity index (χ3n) is 4.25. The lowest BCUT2D eigenvalue weighted by Crippen LogP contribution is -2.45. The van der Waals surface area contributed by atoms with Gasteiger partial charge in [0.05, 0.1) is 0 Å². The van der Waals surface area contributed by atoms with Crippen LogP contribution in [-0.4, -0.2) is 118 Å². The highest BCUT2D eigenvalue weighted by molar-refractivity contribution is 5.81. The van der Waals surface area contributed by atoms with Crippen LogP contribution in [0.4, 0.5) is 0 Å². The molecular formula is C39H80O14. The molecule has 0 aliphatic rings. The molecule has 0 heterocycles. The molecule has 1 unspecified atom stereocenters. The Labute approximate surface area is 321 Å². The van der Waals surface area contributed by atoms with E-state index in [0.717, 1.165) is 37.8 Å². The van der Waals surface area contributed by atoms with Crippen molar-refractivity contribution in [1.29, 1.82) is 0 Å². The third-order valence-corrected chi connectivity index (χ3v) is 4.25. The van der Waals surface area contributed by atoms with E-state index in [9.17, 15) is 9.59 Å². The molecule has 0 aromatic heterocycles. The molecule has 0 spiro atoms. The summed E-state index contributed by atoms with van der Waals surface area (Å²) >= 11 is 0. The summed E-state index contributed by atoms with van der Waals surface area (Å²) in [6.45, 7) is 24.1. The largest absolute Gasteiger partial charge is 0.455 e. The van der Waals surface area contributed by atoms with E-state index >= 15 is 0 Å². The van der Waals surface area contributed by atoms with Gasteiger partial charge in [0.1, 0.15) is 5.75 Å². The maximum atomic E-state index is 11.6. The van der Waals surface area contributed by atoms with E-state index in [1.807, 2.05) is 6.07 Å². The van der Waals surface area contributed by atoms with Gasteiger partial charge in [-0.25, -0.2) is 9.59 Å². The molecule has 1 aromatic carbocycles. The second-order valence-electron chi connectivity index (χ2n) is 9.23. The zero-order valence-electron chi connectivity index (χ0n) is 34.5. The van der Waals surface area contributed by atoms with Gasteiger partial charge in [-0.1, -0.05) is 76.8 Å². The number of carbonyl (C=O) groups is 2. The maximum absolute atomic E-state index is 11.6. The molecule has 0 bridgehead atoms. The first-order valence-electron chi connectivity index (χ1n) is 18.3. The van der Waals surface area contributed by atoms with Gasteiger partial charge in [-0.2, -0.15) is 0 Å². The van der Waals surface area contributed by atoms with Crippen LogP contribution in [0.2, 0.25) is 0 Å². The lowest BCUT2D eigenvalue weighted by Gasteiger charge is -2.31. The Bertz CT molecular complexity index is 718. The zero-order chi connectivity index (χ0) is 43.0. The van der Waals surface area contributed by atoms with Gasteiger partial charge in [0, 0.05) is 71.4 Å². The van der Waals surface area contributed by atoms with E-state index in [1.54, 1.807) is 79.7 Å². The Hall–Kier alpha value is -2.92. The molecule has 0 aliphatic carbocycles. The first-order valence-corrected chi connectivity index (χ1v) is 18.3. The maximum Gasteiger partial charge on any atom is 0.365 e. The molecule has 1 atom stereocenters. The summed E-state index contributed by atoms with van der Waals surface area (Å²) < 4.78 is 11.2. The fourth-order valence-corrected chi connectivity index (χ4v) is 2.68. The summed E-state index contributed by atoms with van der Waals surface area (Å²) in [6, 6.07) is 8.95. The van der Waals surface area contributed by atoms with Gasteiger partial charge < -0.3 is 50.3 Å². The summed E-state index contributed by atoms with van der Waals surface area (Å²) in [5.74, 6) is -2.35. The second-order valence-corrected chi connectivity index (χ2v) is 9.23. The Morgan fingerprint density at radius 3 is 1.25 bits per heavy atom. The number of hydrogen-bond acceptors (Lipinski definition) is 14. The van der Waals surface area contributed by atoms with Crippen molar-refractivity contribution >= 4 is 11.9 Å². The molecule has 0 aliphatic heterocycles. The molecule has 53 heavy (non-hydrogen) atoms. The van der Waals surface area contributed by atoms with Crippen LogP contribution < -0.4 is 4.74 Å². The smallest absolute Gasteiger partial charge is 0.365 e. The molecule has 0 fully saturated rings. The number of carbonyl (C=O) groups excluding carboxylic acids is 2. The number of para-hydroxylation sites is 1. The first-order chi connectivity index (χ1) is 25.4. The number of hydrogen-bond donors (Lipinski definition) is 8. The highest BCUT2D eigenvalue weighted by Crippen LogP contribution is 2.27. The molecular weight excluding hydrogens is 692 g/mol. The summed E-state index contributed by atoms with van der Waals surface area (Å²) in [7, 11) is 0. The zero-order valence-corrected chi connectivity index (χ0v) is 34.5. The average Bonchev–Trinajstić information content (AvgIpc) is 3.12. The fourth-order valence-electron chi connectivity index (χ4n) is 2.68. The molecule has 0 saturated heterocycles. The van der Waals surface area contributed by atoms with E-state index < -0.39 is 17.7 Å². The van der Waals surface area contributed by atoms with Gasteiger partial charge in [-0.05, 0) is 73.9 Å². The van der Waals surface area contributed by atoms with E-state index in [-0.39, 0.29) is 59.5 Å². The minimum absolute atomic E-state index is 0.250. The van der Waals surface area contributed by atoms with Crippen molar-refractivity contribution in [1.82, 2.24) is 0 Å². The van der Waals surface area contributed by atoms with Crippen LogP contribution in [0.1, 0.15) is 114 Å². The average molecular weight is 773 g/mol. The highest BCUT2D eigenvalue weighted by Gasteiger charge is 2.38. The van der Waals surface area contributed by atoms with Gasteiger partial charge in [0.2, 0.25) is 0 Å². The van der Waals surface area contributed by atoms with E-state index in [0.29, 0.717) is 12.2 Å². The summed E-state index contributed by atoms with van der Waals surface area (Å²) in [5.41, 5.74) is 0. The molecule has 320 valence electrons. The van der Waals surface area contributed by atoms with Crippen LogP contribution in [0.15, 0.2) is 55.6 Å². The highest BCUT2D eigenvalue weighted by atomic mass is 17.2. The quantitative estimate of drug-likeness (QED) is 0.0267. The number of esters is 1. The number of unbranched alkanes of at least 4 members (excludes halogenated alkanes) is 6. The van der Waals surface area contributed by atoms with Crippen molar-refractivity contribution in [3.63, 3.8) is 0 Å². The van der Waals surface area contributed by atoms with Crippen LogP contribution in [0.3, 0.4) is 0 Å². The lowest BCUT2D eigenvalue weighted by molar-refractivity contribution is -0.390. The van der Waals surface area contributed by atoms with Crippen molar-refractivity contribution in [2.45, 2.75) is 119 Å². The third kappa shape index (κ3) is 83.6. The van der Waals surface area contributed by atoms with Gasteiger partial charge in [0.25, 0.3) is 5.79 Å². The first kappa shape index (κ1) is 68.1. The van der Waals surface area contributed by atoms with Crippen molar-refractivity contribution in [2.75, 3.05) is 59.5 Å². The van der Waals surface area contributed by atoms with Gasteiger partial charge in [0.15, 0.2) is 6.61 Å². The summed E-state index contributed by atoms with van der Waals surface area (Å²) in [4.78, 5) is 33.3. The minimum Gasteiger partial charge on any atom is -0.455 e. The topological polar surface area (TPSA) is 233 Å². The van der Waals surface area contributed by atoms with Crippen LogP contribution >= 0.6 is 0 Å². The molecule has 14 heteroatoms. The summed E-state index contributed by atoms with van der Waals surface area (Å²) in [6.07, 6.45) is 10.0. The van der Waals surface area contributed by atoms with Crippen LogP contribution in [0.5, 0.6) is 5.75 Å². The predicted molar refractivity (Wildman–Crippen MR) is 213 cm³/mol. The van der Waals surface area contributed by atoms with Crippen molar-refractivity contribution in [3.8, 4) is 5.75 Å². The second kappa shape index (κ2) is 70.6. The Morgan fingerprint density at radius 1 is 0.566 bits per heavy atom. The van der Waals surface area contributed by atoms with Crippen LogP contribution in [0, 0.1) is 0 Å². The van der Waals surface area contributed by atoms with E-state index in [2.05, 4.69) is 20.1 Å². The molecule has 0 saturated carbocycles. The predicted octanol–water partition coefficient (Wildman–Crippen LogP) is 5.28. The van der Waals surface area contributed by atoms with Gasteiger partial charge >= 0.3 is 11.9 Å². The Kier molecular flexibility index (Phi) is 90.8. The Morgan fingerprint density at radius 2 is 0.906 bits per heavy atom. The number of aliphatic hydroxyl groups is 8. The number of aliphatic hydroxyl groups excluding tert-OH is 8. The van der Waals surface area contributed by atoms with Crippen molar-refractivity contribution in [3.05, 3.63) is 55.6 Å². The SMILES string of the molecule is C=CC(=O)OCC(CCCCCCCCC)(OOC(=O)C=C)Oc1ccccc1.CCO.CCO.CCO.CCO.CCO.CCO.CCO.CCO. The molecule has 0 radical (unpaired) electrons. The van der Waals surface area contributed by atoms with Crippen molar-refractivity contribution in [2.24, 2.45) is 0 Å².